The minimum absolute atomic E-state index is 0.0912. The summed E-state index contributed by atoms with van der Waals surface area (Å²) in [6, 6.07) is 12.4. The van der Waals surface area contributed by atoms with Crippen molar-refractivity contribution >= 4 is 27.2 Å². The lowest BCUT2D eigenvalue weighted by Crippen LogP contribution is -2.22. The number of nitrogens with zero attached hydrogens (tertiary/aromatic N) is 1. The summed E-state index contributed by atoms with van der Waals surface area (Å²) in [4.78, 5) is 16.0. The van der Waals surface area contributed by atoms with Crippen LogP contribution in [-0.4, -0.2) is 43.5 Å². The molecule has 0 aliphatic carbocycles. The van der Waals surface area contributed by atoms with Crippen LogP contribution in [0.15, 0.2) is 48.7 Å². The molecule has 1 saturated heterocycles. The van der Waals surface area contributed by atoms with Gasteiger partial charge in [0.25, 0.3) is 5.91 Å². The average molecular weight is 361 g/mol. The zero-order valence-corrected chi connectivity index (χ0v) is 14.3. The highest BCUT2D eigenvalue weighted by molar-refractivity contribution is 7.91. The predicted octanol–water partition coefficient (Wildman–Crippen LogP) is 1.70. The van der Waals surface area contributed by atoms with Crippen molar-refractivity contribution in [2.75, 3.05) is 28.7 Å². The molecule has 0 spiro atoms. The van der Waals surface area contributed by atoms with Gasteiger partial charge >= 0.3 is 0 Å². The van der Waals surface area contributed by atoms with E-state index in [2.05, 4.69) is 15.6 Å². The molecule has 0 saturated carbocycles. The molecule has 8 heteroatoms. The molecule has 1 aromatic heterocycles. The molecule has 7 nitrogen and oxygen atoms in total. The number of nitrogens with one attached hydrogen (secondary N) is 2. The molecule has 1 aliphatic heterocycles. The third kappa shape index (κ3) is 5.18. The number of hydrogen-bond acceptors (Lipinski definition) is 6. The van der Waals surface area contributed by atoms with E-state index in [0.717, 1.165) is 5.69 Å². The standard InChI is InChI=1S/C17H19N3O4S/c21-17(11-24-15-4-2-1-3-5-15)20-16-7-6-13(10-18-16)19-14-8-9-25(22,23)12-14/h1-7,10,14,19H,8-9,11-12H2,(H,18,20,21). The Kier molecular flexibility index (Phi) is 5.18. The van der Waals surface area contributed by atoms with E-state index in [4.69, 9.17) is 4.74 Å². The molecular formula is C17H19N3O4S. The fourth-order valence-electron chi connectivity index (χ4n) is 2.54. The Balaban J connectivity index is 1.48. The fraction of sp³-hybridized carbons (Fsp3) is 0.294. The lowest BCUT2D eigenvalue weighted by atomic mass is 10.2. The molecule has 2 N–H and O–H groups in total. The van der Waals surface area contributed by atoms with E-state index in [9.17, 15) is 13.2 Å². The predicted molar refractivity (Wildman–Crippen MR) is 95.5 cm³/mol. The number of aromatic nitrogens is 1. The van der Waals surface area contributed by atoms with Crippen molar-refractivity contribution in [1.29, 1.82) is 0 Å². The van der Waals surface area contributed by atoms with Gasteiger partial charge in [0.05, 0.1) is 23.4 Å². The van der Waals surface area contributed by atoms with Crippen LogP contribution in [0, 0.1) is 0 Å². The van der Waals surface area contributed by atoms with Crippen LogP contribution >= 0.6 is 0 Å². The zero-order chi connectivity index (χ0) is 17.7. The van der Waals surface area contributed by atoms with Crippen LogP contribution in [0.2, 0.25) is 0 Å². The molecule has 1 fully saturated rings. The minimum Gasteiger partial charge on any atom is -0.484 e. The number of amides is 1. The van der Waals surface area contributed by atoms with Gasteiger partial charge in [0.1, 0.15) is 11.6 Å². The second-order valence-corrected chi connectivity index (χ2v) is 8.06. The van der Waals surface area contributed by atoms with E-state index in [-0.39, 0.29) is 30.1 Å². The molecule has 132 valence electrons. The van der Waals surface area contributed by atoms with Gasteiger partial charge < -0.3 is 15.4 Å². The molecule has 1 aliphatic rings. The van der Waals surface area contributed by atoms with Gasteiger partial charge in [-0.1, -0.05) is 18.2 Å². The number of pyridine rings is 1. The number of rotatable bonds is 6. The second-order valence-electron chi connectivity index (χ2n) is 5.83. The van der Waals surface area contributed by atoms with E-state index >= 15 is 0 Å². The first kappa shape index (κ1) is 17.2. The Labute approximate surface area is 146 Å². The van der Waals surface area contributed by atoms with Gasteiger partial charge in [0.2, 0.25) is 0 Å². The SMILES string of the molecule is O=C(COc1ccccc1)Nc1ccc(NC2CCS(=O)(=O)C2)cn1. The van der Waals surface area contributed by atoms with Crippen molar-refractivity contribution in [1.82, 2.24) is 4.98 Å². The smallest absolute Gasteiger partial charge is 0.263 e. The number of benzene rings is 1. The van der Waals surface area contributed by atoms with Crippen LogP contribution in [0.3, 0.4) is 0 Å². The van der Waals surface area contributed by atoms with Gasteiger partial charge in [-0.3, -0.25) is 4.79 Å². The molecule has 1 aromatic carbocycles. The molecule has 1 unspecified atom stereocenters. The number of sulfone groups is 1. The maximum atomic E-state index is 11.9. The summed E-state index contributed by atoms with van der Waals surface area (Å²) in [6.07, 6.45) is 2.16. The summed E-state index contributed by atoms with van der Waals surface area (Å²) in [7, 11) is -2.92. The molecule has 25 heavy (non-hydrogen) atoms. The summed E-state index contributed by atoms with van der Waals surface area (Å²) in [5.74, 6) is 1.08. The van der Waals surface area contributed by atoms with Crippen LogP contribution in [0.1, 0.15) is 6.42 Å². The monoisotopic (exact) mass is 361 g/mol. The summed E-state index contributed by atoms with van der Waals surface area (Å²) >= 11 is 0. The quantitative estimate of drug-likeness (QED) is 0.813. The molecule has 0 radical (unpaired) electrons. The summed E-state index contributed by atoms with van der Waals surface area (Å²) in [5, 5.41) is 5.79. The van der Waals surface area contributed by atoms with Crippen LogP contribution in [0.4, 0.5) is 11.5 Å². The van der Waals surface area contributed by atoms with Crippen molar-refractivity contribution < 1.29 is 17.9 Å². The van der Waals surface area contributed by atoms with E-state index in [0.29, 0.717) is 18.0 Å². The Bertz CT molecular complexity index is 823. The van der Waals surface area contributed by atoms with Crippen molar-refractivity contribution in [3.8, 4) is 5.75 Å². The number of carbonyl (C=O) groups is 1. The van der Waals surface area contributed by atoms with Gasteiger partial charge in [0.15, 0.2) is 16.4 Å². The Morgan fingerprint density at radius 1 is 1.20 bits per heavy atom. The summed E-state index contributed by atoms with van der Waals surface area (Å²) in [5.41, 5.74) is 0.723. The molecule has 1 amide bonds. The van der Waals surface area contributed by atoms with Gasteiger partial charge in [-0.2, -0.15) is 0 Å². The lowest BCUT2D eigenvalue weighted by Gasteiger charge is -2.12. The summed E-state index contributed by atoms with van der Waals surface area (Å²) in [6.45, 7) is -0.106. The normalized spacial score (nSPS) is 18.5. The van der Waals surface area contributed by atoms with E-state index in [1.165, 1.54) is 0 Å². The van der Waals surface area contributed by atoms with Crippen LogP contribution < -0.4 is 15.4 Å². The van der Waals surface area contributed by atoms with E-state index in [1.807, 2.05) is 18.2 Å². The fourth-order valence-corrected chi connectivity index (χ4v) is 4.22. The molecule has 1 atom stereocenters. The van der Waals surface area contributed by atoms with Crippen molar-refractivity contribution in [3.05, 3.63) is 48.7 Å². The third-order valence-corrected chi connectivity index (χ3v) is 5.52. The zero-order valence-electron chi connectivity index (χ0n) is 13.5. The van der Waals surface area contributed by atoms with Crippen molar-refractivity contribution in [2.45, 2.75) is 12.5 Å². The summed E-state index contributed by atoms with van der Waals surface area (Å²) < 4.78 is 28.3. The topological polar surface area (TPSA) is 97.4 Å². The highest BCUT2D eigenvalue weighted by atomic mass is 32.2. The Morgan fingerprint density at radius 2 is 2.00 bits per heavy atom. The van der Waals surface area contributed by atoms with Crippen LogP contribution in [-0.2, 0) is 14.6 Å². The van der Waals surface area contributed by atoms with Crippen LogP contribution in [0.25, 0.3) is 0 Å². The van der Waals surface area contributed by atoms with Crippen molar-refractivity contribution in [2.24, 2.45) is 0 Å². The minimum atomic E-state index is -2.92. The van der Waals surface area contributed by atoms with Gasteiger partial charge in [-0.05, 0) is 30.7 Å². The highest BCUT2D eigenvalue weighted by Gasteiger charge is 2.27. The maximum Gasteiger partial charge on any atom is 0.263 e. The number of para-hydroxylation sites is 1. The van der Waals surface area contributed by atoms with E-state index < -0.39 is 9.84 Å². The first-order chi connectivity index (χ1) is 12.0. The second kappa shape index (κ2) is 7.52. The van der Waals surface area contributed by atoms with Gasteiger partial charge in [0, 0.05) is 6.04 Å². The van der Waals surface area contributed by atoms with Crippen LogP contribution in [0.5, 0.6) is 5.75 Å². The first-order valence-electron chi connectivity index (χ1n) is 7.91. The largest absolute Gasteiger partial charge is 0.484 e. The number of ether oxygens (including phenoxy) is 1. The molecule has 2 heterocycles. The molecule has 0 bridgehead atoms. The molecular weight excluding hydrogens is 342 g/mol. The van der Waals surface area contributed by atoms with Gasteiger partial charge in [-0.25, -0.2) is 13.4 Å². The molecule has 3 rings (SSSR count). The highest BCUT2D eigenvalue weighted by Crippen LogP contribution is 2.18. The first-order valence-corrected chi connectivity index (χ1v) is 9.73. The van der Waals surface area contributed by atoms with Crippen molar-refractivity contribution in [3.63, 3.8) is 0 Å². The number of anilines is 2. The van der Waals surface area contributed by atoms with Gasteiger partial charge in [-0.15, -0.1) is 0 Å². The maximum absolute atomic E-state index is 11.9. The average Bonchev–Trinajstić information content (AvgIpc) is 2.94. The Morgan fingerprint density at radius 3 is 2.64 bits per heavy atom. The Hall–Kier alpha value is -2.61. The molecule has 2 aromatic rings. The van der Waals surface area contributed by atoms with E-state index in [1.54, 1.807) is 30.5 Å². The number of carbonyl (C=O) groups excluding carboxylic acids is 1. The lowest BCUT2D eigenvalue weighted by molar-refractivity contribution is -0.118. The number of hydrogen-bond donors (Lipinski definition) is 2. The third-order valence-electron chi connectivity index (χ3n) is 3.75.